The zero-order chi connectivity index (χ0) is 12.8. The summed E-state index contributed by atoms with van der Waals surface area (Å²) in [6.07, 6.45) is 0.681. The van der Waals surface area contributed by atoms with Crippen molar-refractivity contribution >= 4 is 23.2 Å². The van der Waals surface area contributed by atoms with Crippen LogP contribution in [0.2, 0.25) is 0 Å². The predicted octanol–water partition coefficient (Wildman–Crippen LogP) is 2.34. The number of halogens is 1. The molecule has 1 rings (SSSR count). The molecule has 0 saturated carbocycles. The third-order valence-corrected chi connectivity index (χ3v) is 2.39. The van der Waals surface area contributed by atoms with Crippen molar-refractivity contribution < 1.29 is 9.72 Å². The summed E-state index contributed by atoms with van der Waals surface area (Å²) in [6.45, 7) is 2.33. The molecule has 0 radical (unpaired) electrons. The second kappa shape index (κ2) is 6.20. The van der Waals surface area contributed by atoms with Gasteiger partial charge in [0.25, 0.3) is 11.6 Å². The van der Waals surface area contributed by atoms with Gasteiger partial charge in [-0.1, -0.05) is 0 Å². The maximum atomic E-state index is 11.6. The number of nitro groups is 1. The lowest BCUT2D eigenvalue weighted by molar-refractivity contribution is -0.384. The van der Waals surface area contributed by atoms with Crippen LogP contribution in [0, 0.1) is 10.1 Å². The molecule has 1 N–H and O–H groups in total. The lowest BCUT2D eigenvalue weighted by Crippen LogP contribution is -2.25. The van der Waals surface area contributed by atoms with E-state index in [1.54, 1.807) is 0 Å². The molecule has 0 aromatic heterocycles. The van der Waals surface area contributed by atoms with Gasteiger partial charge >= 0.3 is 0 Å². The summed E-state index contributed by atoms with van der Waals surface area (Å²) in [4.78, 5) is 21.5. The quantitative estimate of drug-likeness (QED) is 0.499. The first-order valence-electron chi connectivity index (χ1n) is 5.17. The SMILES string of the molecule is CC(Cl)CCNC(=O)c1ccc([N+](=O)[O-])cc1. The first-order chi connectivity index (χ1) is 8.00. The van der Waals surface area contributed by atoms with E-state index in [1.165, 1.54) is 24.3 Å². The van der Waals surface area contributed by atoms with Crippen LogP contribution in [0.5, 0.6) is 0 Å². The molecule has 0 bridgehead atoms. The van der Waals surface area contributed by atoms with Gasteiger partial charge in [-0.3, -0.25) is 14.9 Å². The monoisotopic (exact) mass is 256 g/mol. The minimum absolute atomic E-state index is 0.00663. The van der Waals surface area contributed by atoms with Crippen LogP contribution in [0.4, 0.5) is 5.69 Å². The van der Waals surface area contributed by atoms with Crippen molar-refractivity contribution in [2.75, 3.05) is 6.54 Å². The molecule has 0 heterocycles. The van der Waals surface area contributed by atoms with E-state index < -0.39 is 4.92 Å². The van der Waals surface area contributed by atoms with E-state index in [0.29, 0.717) is 18.5 Å². The van der Waals surface area contributed by atoms with Gasteiger partial charge in [0.1, 0.15) is 0 Å². The Kier molecular flexibility index (Phi) is 4.90. The highest BCUT2D eigenvalue weighted by molar-refractivity contribution is 6.20. The summed E-state index contributed by atoms with van der Waals surface area (Å²) in [5.74, 6) is -0.253. The molecule has 17 heavy (non-hydrogen) atoms. The summed E-state index contributed by atoms with van der Waals surface area (Å²) in [5, 5.41) is 13.1. The van der Waals surface area contributed by atoms with Gasteiger partial charge in [0.15, 0.2) is 0 Å². The zero-order valence-corrected chi connectivity index (χ0v) is 10.1. The number of nitro benzene ring substituents is 1. The molecule has 6 heteroatoms. The van der Waals surface area contributed by atoms with Gasteiger partial charge in [0.05, 0.1) is 4.92 Å². The summed E-state index contributed by atoms with van der Waals surface area (Å²) >= 11 is 5.74. The lowest BCUT2D eigenvalue weighted by Gasteiger charge is -2.05. The van der Waals surface area contributed by atoms with Crippen molar-refractivity contribution in [3.05, 3.63) is 39.9 Å². The fourth-order valence-electron chi connectivity index (χ4n) is 1.22. The highest BCUT2D eigenvalue weighted by Gasteiger charge is 2.09. The predicted molar refractivity (Wildman–Crippen MR) is 65.4 cm³/mol. The number of amides is 1. The van der Waals surface area contributed by atoms with Crippen LogP contribution in [0.3, 0.4) is 0 Å². The van der Waals surface area contributed by atoms with Crippen molar-refractivity contribution in [2.24, 2.45) is 0 Å². The molecule has 1 aromatic rings. The first-order valence-corrected chi connectivity index (χ1v) is 5.61. The zero-order valence-electron chi connectivity index (χ0n) is 9.35. The molecule has 1 atom stereocenters. The Morgan fingerprint density at radius 2 is 2.06 bits per heavy atom. The van der Waals surface area contributed by atoms with Gasteiger partial charge in [-0.25, -0.2) is 0 Å². The Morgan fingerprint density at radius 3 is 2.53 bits per heavy atom. The van der Waals surface area contributed by atoms with Gasteiger partial charge in [-0.2, -0.15) is 0 Å². The van der Waals surface area contributed by atoms with Crippen LogP contribution in [-0.2, 0) is 0 Å². The number of hydrogen-bond donors (Lipinski definition) is 1. The molecule has 1 unspecified atom stereocenters. The number of carbonyl (C=O) groups is 1. The number of benzene rings is 1. The number of nitrogens with one attached hydrogen (secondary N) is 1. The maximum absolute atomic E-state index is 11.6. The normalized spacial score (nSPS) is 11.9. The Bertz CT molecular complexity index is 404. The highest BCUT2D eigenvalue weighted by atomic mass is 35.5. The van der Waals surface area contributed by atoms with E-state index in [1.807, 2.05) is 6.92 Å². The molecule has 0 aliphatic carbocycles. The second-order valence-electron chi connectivity index (χ2n) is 3.63. The molecule has 0 aliphatic heterocycles. The van der Waals surface area contributed by atoms with E-state index >= 15 is 0 Å². The van der Waals surface area contributed by atoms with Crippen LogP contribution in [0.25, 0.3) is 0 Å². The number of hydrogen-bond acceptors (Lipinski definition) is 3. The van der Waals surface area contributed by atoms with Gasteiger partial charge in [0.2, 0.25) is 0 Å². The lowest BCUT2D eigenvalue weighted by atomic mass is 10.2. The first kappa shape index (κ1) is 13.4. The van der Waals surface area contributed by atoms with E-state index in [9.17, 15) is 14.9 Å². The number of non-ortho nitro benzene ring substituents is 1. The largest absolute Gasteiger partial charge is 0.352 e. The molecule has 0 aliphatic rings. The van der Waals surface area contributed by atoms with Gasteiger partial charge < -0.3 is 5.32 Å². The standard InChI is InChI=1S/C11H13ClN2O3/c1-8(12)6-7-13-11(15)9-2-4-10(5-3-9)14(16)17/h2-5,8H,6-7H2,1H3,(H,13,15). The third-order valence-electron chi connectivity index (χ3n) is 2.17. The minimum Gasteiger partial charge on any atom is -0.352 e. The smallest absolute Gasteiger partial charge is 0.269 e. The van der Waals surface area contributed by atoms with Crippen LogP contribution < -0.4 is 5.32 Å². The average molecular weight is 257 g/mol. The molecule has 0 saturated heterocycles. The second-order valence-corrected chi connectivity index (χ2v) is 4.37. The van der Waals surface area contributed by atoms with Gasteiger partial charge in [-0.05, 0) is 25.5 Å². The molecule has 1 aromatic carbocycles. The number of alkyl halides is 1. The summed E-state index contributed by atoms with van der Waals surface area (Å²) in [5.41, 5.74) is 0.369. The van der Waals surface area contributed by atoms with Crippen molar-refractivity contribution in [2.45, 2.75) is 18.7 Å². The fraction of sp³-hybridized carbons (Fsp3) is 0.364. The maximum Gasteiger partial charge on any atom is 0.269 e. The van der Waals surface area contributed by atoms with Crippen molar-refractivity contribution in [3.8, 4) is 0 Å². The molecule has 5 nitrogen and oxygen atoms in total. The number of rotatable bonds is 5. The molecule has 92 valence electrons. The average Bonchev–Trinajstić information content (AvgIpc) is 2.28. The third kappa shape index (κ3) is 4.40. The summed E-state index contributed by atoms with van der Waals surface area (Å²) in [7, 11) is 0. The topological polar surface area (TPSA) is 72.2 Å². The van der Waals surface area contributed by atoms with E-state index in [-0.39, 0.29) is 17.0 Å². The Balaban J connectivity index is 2.55. The molecule has 1 amide bonds. The van der Waals surface area contributed by atoms with Crippen LogP contribution >= 0.6 is 11.6 Å². The highest BCUT2D eigenvalue weighted by Crippen LogP contribution is 2.11. The summed E-state index contributed by atoms with van der Waals surface area (Å²) in [6, 6.07) is 5.47. The minimum atomic E-state index is -0.503. The van der Waals surface area contributed by atoms with Crippen molar-refractivity contribution in [1.29, 1.82) is 0 Å². The Hall–Kier alpha value is -1.62. The Labute approximate surface area is 104 Å². The van der Waals surface area contributed by atoms with Gasteiger partial charge in [-0.15, -0.1) is 11.6 Å². The molecule has 0 spiro atoms. The molecular weight excluding hydrogens is 244 g/mol. The van der Waals surface area contributed by atoms with Crippen LogP contribution in [0.15, 0.2) is 24.3 Å². The number of carbonyl (C=O) groups excluding carboxylic acids is 1. The number of nitrogens with zero attached hydrogens (tertiary/aromatic N) is 1. The fourth-order valence-corrected chi connectivity index (χ4v) is 1.33. The Morgan fingerprint density at radius 1 is 1.47 bits per heavy atom. The van der Waals surface area contributed by atoms with E-state index in [2.05, 4.69) is 5.32 Å². The van der Waals surface area contributed by atoms with E-state index in [0.717, 1.165) is 0 Å². The molecular formula is C11H13ClN2O3. The van der Waals surface area contributed by atoms with Crippen molar-refractivity contribution in [1.82, 2.24) is 5.32 Å². The van der Waals surface area contributed by atoms with Crippen LogP contribution in [0.1, 0.15) is 23.7 Å². The van der Waals surface area contributed by atoms with E-state index in [4.69, 9.17) is 11.6 Å². The van der Waals surface area contributed by atoms with Crippen molar-refractivity contribution in [3.63, 3.8) is 0 Å². The van der Waals surface area contributed by atoms with Gasteiger partial charge in [0, 0.05) is 29.6 Å². The summed E-state index contributed by atoms with van der Waals surface area (Å²) < 4.78 is 0. The van der Waals surface area contributed by atoms with Crippen LogP contribution in [-0.4, -0.2) is 22.8 Å². The molecule has 0 fully saturated rings.